The highest BCUT2D eigenvalue weighted by molar-refractivity contribution is 7.54. The number of carbonyl (C=O) groups excluding carboxylic acids is 3. The quantitative estimate of drug-likeness (QED) is 0.108. The smallest absolute Gasteiger partial charge is 0.336 e. The molecule has 0 aliphatic carbocycles. The third kappa shape index (κ3) is 8.03. The van der Waals surface area contributed by atoms with Gasteiger partial charge in [-0.25, -0.2) is 9.59 Å². The van der Waals surface area contributed by atoms with Crippen molar-refractivity contribution in [2.24, 2.45) is 11.8 Å². The molecule has 0 spiro atoms. The fourth-order valence-electron chi connectivity index (χ4n) is 3.92. The Kier molecular flexibility index (Phi) is 12.9. The van der Waals surface area contributed by atoms with Gasteiger partial charge in [0.25, 0.3) is 0 Å². The van der Waals surface area contributed by atoms with Crippen molar-refractivity contribution in [1.29, 1.82) is 0 Å². The number of rotatable bonds is 15. The summed E-state index contributed by atoms with van der Waals surface area (Å²) in [5.74, 6) is -2.37. The summed E-state index contributed by atoms with van der Waals surface area (Å²) in [5.41, 5.74) is 0.238. The molecule has 0 aliphatic rings. The minimum atomic E-state index is -4.76. The fourth-order valence-corrected chi connectivity index (χ4v) is 5.82. The Hall–Kier alpha value is -1.74. The van der Waals surface area contributed by atoms with Gasteiger partial charge < -0.3 is 29.3 Å². The molecular formula is C20H36NO9P. The Morgan fingerprint density at radius 2 is 1.61 bits per heavy atom. The van der Waals surface area contributed by atoms with E-state index in [1.165, 1.54) is 6.08 Å². The molecule has 180 valence electrons. The lowest BCUT2D eigenvalue weighted by Crippen LogP contribution is -2.45. The van der Waals surface area contributed by atoms with Gasteiger partial charge in [0.2, 0.25) is 6.41 Å². The molecule has 0 radical (unpaired) electrons. The van der Waals surface area contributed by atoms with E-state index in [2.05, 4.69) is 5.32 Å². The second-order valence-electron chi connectivity index (χ2n) is 7.49. The molecule has 11 heteroatoms. The molecule has 0 heterocycles. The normalized spacial score (nSPS) is 13.8. The molecule has 0 aromatic rings. The Morgan fingerprint density at radius 3 is 2.03 bits per heavy atom. The second kappa shape index (κ2) is 13.6. The number of carbonyl (C=O) groups is 3. The largest absolute Gasteiger partial charge is 0.464 e. The van der Waals surface area contributed by atoms with Crippen LogP contribution in [-0.2, 0) is 33.2 Å². The van der Waals surface area contributed by atoms with Gasteiger partial charge in [-0.2, -0.15) is 0 Å². The molecule has 31 heavy (non-hydrogen) atoms. The van der Waals surface area contributed by atoms with E-state index in [0.29, 0.717) is 6.41 Å². The SMILES string of the molecule is CCOC(=O)COCCC(=CC(NC=O)C(=O)OCC)C(C(C)C)(C(C)C)P(=O)(O)O. The van der Waals surface area contributed by atoms with Gasteiger partial charge in [-0.3, -0.25) is 9.36 Å². The summed E-state index contributed by atoms with van der Waals surface area (Å²) in [6.45, 7) is 9.88. The first-order valence-electron chi connectivity index (χ1n) is 10.3. The van der Waals surface area contributed by atoms with Gasteiger partial charge in [0, 0.05) is 0 Å². The highest BCUT2D eigenvalue weighted by atomic mass is 31.2. The molecule has 0 rings (SSSR count). The predicted molar refractivity (Wildman–Crippen MR) is 114 cm³/mol. The lowest BCUT2D eigenvalue weighted by atomic mass is 9.76. The number of esters is 2. The summed E-state index contributed by atoms with van der Waals surface area (Å²) in [6, 6.07) is -1.24. The summed E-state index contributed by atoms with van der Waals surface area (Å²) in [5, 5.41) is 0.696. The van der Waals surface area contributed by atoms with E-state index in [-0.39, 0.29) is 38.4 Å². The lowest BCUT2D eigenvalue weighted by Gasteiger charge is -2.44. The molecule has 0 aromatic carbocycles. The minimum Gasteiger partial charge on any atom is -0.464 e. The van der Waals surface area contributed by atoms with Crippen molar-refractivity contribution in [1.82, 2.24) is 5.32 Å². The zero-order chi connectivity index (χ0) is 24.2. The first-order valence-corrected chi connectivity index (χ1v) is 11.9. The van der Waals surface area contributed by atoms with Crippen molar-refractivity contribution in [3.05, 3.63) is 11.6 Å². The van der Waals surface area contributed by atoms with E-state index in [4.69, 9.17) is 14.2 Å². The topological polar surface area (TPSA) is 148 Å². The molecule has 0 saturated heterocycles. The van der Waals surface area contributed by atoms with Crippen LogP contribution in [0.4, 0.5) is 0 Å². The number of ether oxygens (including phenoxy) is 3. The molecule has 10 nitrogen and oxygen atoms in total. The van der Waals surface area contributed by atoms with Crippen LogP contribution in [0.3, 0.4) is 0 Å². The number of hydrogen-bond donors (Lipinski definition) is 3. The van der Waals surface area contributed by atoms with Gasteiger partial charge in [0.05, 0.1) is 25.0 Å². The molecule has 1 amide bonds. The number of hydrogen-bond acceptors (Lipinski definition) is 7. The average molecular weight is 465 g/mol. The zero-order valence-corrected chi connectivity index (χ0v) is 20.0. The molecule has 0 saturated carbocycles. The van der Waals surface area contributed by atoms with Crippen LogP contribution in [0.2, 0.25) is 0 Å². The predicted octanol–water partition coefficient (Wildman–Crippen LogP) is 1.79. The Morgan fingerprint density at radius 1 is 1.06 bits per heavy atom. The van der Waals surface area contributed by atoms with Crippen molar-refractivity contribution in [2.45, 2.75) is 59.2 Å². The monoisotopic (exact) mass is 465 g/mol. The minimum absolute atomic E-state index is 0.0112. The second-order valence-corrected chi connectivity index (χ2v) is 9.32. The van der Waals surface area contributed by atoms with Crippen LogP contribution in [0.1, 0.15) is 48.0 Å². The van der Waals surface area contributed by atoms with Gasteiger partial charge in [-0.05, 0) is 32.1 Å². The Labute approximate surface area is 183 Å². The van der Waals surface area contributed by atoms with Crippen LogP contribution in [0.25, 0.3) is 0 Å². The summed E-state index contributed by atoms with van der Waals surface area (Å²) in [6.07, 6.45) is 1.65. The number of amides is 1. The molecule has 1 unspecified atom stereocenters. The van der Waals surface area contributed by atoms with Crippen molar-refractivity contribution in [3.63, 3.8) is 0 Å². The van der Waals surface area contributed by atoms with Crippen LogP contribution in [0.5, 0.6) is 0 Å². The molecule has 3 N–H and O–H groups in total. The first kappa shape index (κ1) is 29.3. The van der Waals surface area contributed by atoms with E-state index < -0.39 is 42.6 Å². The van der Waals surface area contributed by atoms with Crippen molar-refractivity contribution in [2.75, 3.05) is 26.4 Å². The van der Waals surface area contributed by atoms with Crippen LogP contribution in [0.15, 0.2) is 11.6 Å². The van der Waals surface area contributed by atoms with E-state index in [1.54, 1.807) is 41.5 Å². The average Bonchev–Trinajstić information content (AvgIpc) is 2.63. The van der Waals surface area contributed by atoms with Crippen molar-refractivity contribution in [3.8, 4) is 0 Å². The van der Waals surface area contributed by atoms with Crippen molar-refractivity contribution < 1.29 is 42.9 Å². The highest BCUT2D eigenvalue weighted by Crippen LogP contribution is 2.62. The van der Waals surface area contributed by atoms with Gasteiger partial charge in [-0.1, -0.05) is 39.3 Å². The fraction of sp³-hybridized carbons (Fsp3) is 0.750. The first-order chi connectivity index (χ1) is 14.4. The molecule has 0 aliphatic heterocycles. The van der Waals surface area contributed by atoms with Crippen LogP contribution < -0.4 is 5.32 Å². The summed E-state index contributed by atoms with van der Waals surface area (Å²) >= 11 is 0. The van der Waals surface area contributed by atoms with E-state index in [9.17, 15) is 28.7 Å². The standard InChI is InChI=1S/C20H36NO9P/c1-7-29-18(23)12-28-10-9-16(11-17(21-13-22)19(24)30-8-2)20(14(3)4,15(5)6)31(25,26)27/h11,13-15,17H,7-10,12H2,1-6H3,(H,21,22)(H2,25,26,27). The molecule has 0 fully saturated rings. The highest BCUT2D eigenvalue weighted by Gasteiger charge is 2.54. The Bertz CT molecular complexity index is 662. The summed E-state index contributed by atoms with van der Waals surface area (Å²) in [4.78, 5) is 55.6. The number of nitrogens with one attached hydrogen (secondary N) is 1. The lowest BCUT2D eigenvalue weighted by molar-refractivity contribution is -0.148. The van der Waals surface area contributed by atoms with Crippen LogP contribution in [-0.4, -0.2) is 65.8 Å². The summed E-state index contributed by atoms with van der Waals surface area (Å²) < 4.78 is 27.9. The van der Waals surface area contributed by atoms with Gasteiger partial charge in [0.1, 0.15) is 12.6 Å². The van der Waals surface area contributed by atoms with Crippen LogP contribution >= 0.6 is 7.60 Å². The Balaban J connectivity index is 6.26. The van der Waals surface area contributed by atoms with Gasteiger partial charge in [-0.15, -0.1) is 0 Å². The van der Waals surface area contributed by atoms with Gasteiger partial charge >= 0.3 is 19.5 Å². The van der Waals surface area contributed by atoms with E-state index in [0.717, 1.165) is 0 Å². The maximum Gasteiger partial charge on any atom is 0.336 e. The van der Waals surface area contributed by atoms with E-state index in [1.807, 2.05) is 0 Å². The summed E-state index contributed by atoms with van der Waals surface area (Å²) in [7, 11) is -4.76. The molecular weight excluding hydrogens is 429 g/mol. The third-order valence-corrected chi connectivity index (χ3v) is 7.24. The van der Waals surface area contributed by atoms with Crippen molar-refractivity contribution >= 4 is 25.9 Å². The molecule has 1 atom stereocenters. The molecule has 0 aromatic heterocycles. The third-order valence-electron chi connectivity index (χ3n) is 4.95. The maximum absolute atomic E-state index is 12.8. The zero-order valence-electron chi connectivity index (χ0n) is 19.1. The van der Waals surface area contributed by atoms with E-state index >= 15 is 0 Å². The van der Waals surface area contributed by atoms with Gasteiger partial charge in [0.15, 0.2) is 0 Å². The molecule has 0 bridgehead atoms. The maximum atomic E-state index is 12.8. The van der Waals surface area contributed by atoms with Crippen LogP contribution in [0, 0.1) is 11.8 Å².